The van der Waals surface area contributed by atoms with Crippen LogP contribution in [0.15, 0.2) is 72.8 Å². The highest BCUT2D eigenvalue weighted by Crippen LogP contribution is 2.28. The van der Waals surface area contributed by atoms with Gasteiger partial charge in [0, 0.05) is 49.7 Å². The van der Waals surface area contributed by atoms with Gasteiger partial charge in [-0.05, 0) is 66.3 Å². The lowest BCUT2D eigenvalue weighted by Gasteiger charge is -2.19. The molecule has 0 bridgehead atoms. The van der Waals surface area contributed by atoms with Crippen LogP contribution in [0.25, 0.3) is 0 Å². The number of carbonyl (C=O) groups is 1. The molecular formula is C27H29N3O. The van der Waals surface area contributed by atoms with Crippen molar-refractivity contribution in [3.05, 3.63) is 95.1 Å². The molecule has 1 N–H and O–H groups in total. The fourth-order valence-corrected chi connectivity index (χ4v) is 4.64. The Balaban J connectivity index is 1.15. The van der Waals surface area contributed by atoms with Crippen molar-refractivity contribution in [2.24, 2.45) is 0 Å². The maximum absolute atomic E-state index is 12.6. The average Bonchev–Trinajstić information content (AvgIpc) is 3.49. The van der Waals surface area contributed by atoms with E-state index in [1.807, 2.05) is 12.1 Å². The van der Waals surface area contributed by atoms with Gasteiger partial charge in [0.2, 0.25) is 0 Å². The predicted molar refractivity (Wildman–Crippen MR) is 127 cm³/mol. The molecule has 0 unspecified atom stereocenters. The highest BCUT2D eigenvalue weighted by molar-refractivity contribution is 5.94. The Hall–Kier alpha value is -3.27. The summed E-state index contributed by atoms with van der Waals surface area (Å²) >= 11 is 0. The molecule has 4 nitrogen and oxygen atoms in total. The molecule has 0 aromatic heterocycles. The fraction of sp³-hybridized carbons (Fsp3) is 0.296. The smallest absolute Gasteiger partial charge is 0.251 e. The normalized spacial score (nSPS) is 15.2. The molecule has 2 aliphatic heterocycles. The number of amides is 1. The molecule has 3 aromatic carbocycles. The first-order chi connectivity index (χ1) is 15.3. The molecule has 0 saturated carbocycles. The molecule has 0 atom stereocenters. The van der Waals surface area contributed by atoms with Gasteiger partial charge in [0.25, 0.3) is 5.91 Å². The maximum atomic E-state index is 12.6. The molecule has 3 aromatic rings. The lowest BCUT2D eigenvalue weighted by molar-refractivity contribution is 0.0951. The number of para-hydroxylation sites is 1. The number of rotatable bonds is 6. The van der Waals surface area contributed by atoms with Crippen LogP contribution >= 0.6 is 0 Å². The van der Waals surface area contributed by atoms with Gasteiger partial charge in [-0.25, -0.2) is 0 Å². The Morgan fingerprint density at radius 3 is 2.29 bits per heavy atom. The minimum atomic E-state index is -0.0262. The van der Waals surface area contributed by atoms with E-state index in [0.717, 1.165) is 38.2 Å². The molecule has 158 valence electrons. The minimum Gasteiger partial charge on any atom is -0.372 e. The second-order valence-electron chi connectivity index (χ2n) is 8.54. The van der Waals surface area contributed by atoms with Crippen LogP contribution in [0.5, 0.6) is 0 Å². The standard InChI is InChI=1S/C27H29N3O/c31-27(28-19-21-9-13-25(14-10-21)29-16-3-4-17-29)24-11-7-22(8-12-24)20-30-18-15-23-5-1-2-6-26(23)30/h1-2,5-14H,3-4,15-20H2,(H,28,31). The van der Waals surface area contributed by atoms with Gasteiger partial charge in [-0.3, -0.25) is 4.79 Å². The second kappa shape index (κ2) is 8.84. The van der Waals surface area contributed by atoms with Crippen LogP contribution in [-0.4, -0.2) is 25.5 Å². The van der Waals surface area contributed by atoms with Crippen LogP contribution < -0.4 is 15.1 Å². The van der Waals surface area contributed by atoms with E-state index in [1.54, 1.807) is 0 Å². The van der Waals surface area contributed by atoms with Gasteiger partial charge in [0.1, 0.15) is 0 Å². The Labute approximate surface area is 184 Å². The number of nitrogens with one attached hydrogen (secondary N) is 1. The molecule has 0 spiro atoms. The lowest BCUT2D eigenvalue weighted by Crippen LogP contribution is -2.23. The van der Waals surface area contributed by atoms with Crippen molar-refractivity contribution >= 4 is 17.3 Å². The summed E-state index contributed by atoms with van der Waals surface area (Å²) in [4.78, 5) is 17.4. The van der Waals surface area contributed by atoms with Crippen molar-refractivity contribution in [2.75, 3.05) is 29.4 Å². The maximum Gasteiger partial charge on any atom is 0.251 e. The quantitative estimate of drug-likeness (QED) is 0.634. The first kappa shape index (κ1) is 19.7. The van der Waals surface area contributed by atoms with E-state index in [-0.39, 0.29) is 5.91 Å². The topological polar surface area (TPSA) is 35.6 Å². The molecule has 1 saturated heterocycles. The molecule has 1 amide bonds. The number of carbonyl (C=O) groups excluding carboxylic acids is 1. The number of nitrogens with zero attached hydrogens (tertiary/aromatic N) is 2. The first-order valence-corrected chi connectivity index (χ1v) is 11.3. The van der Waals surface area contributed by atoms with Gasteiger partial charge < -0.3 is 15.1 Å². The Morgan fingerprint density at radius 2 is 1.52 bits per heavy atom. The number of hydrogen-bond acceptors (Lipinski definition) is 3. The van der Waals surface area contributed by atoms with Gasteiger partial charge in [-0.1, -0.05) is 42.5 Å². The van der Waals surface area contributed by atoms with Crippen molar-refractivity contribution in [1.82, 2.24) is 5.32 Å². The Morgan fingerprint density at radius 1 is 0.806 bits per heavy atom. The average molecular weight is 412 g/mol. The molecule has 0 aliphatic carbocycles. The number of anilines is 2. The van der Waals surface area contributed by atoms with Crippen molar-refractivity contribution < 1.29 is 4.79 Å². The summed E-state index contributed by atoms with van der Waals surface area (Å²) in [6.07, 6.45) is 3.67. The molecule has 1 fully saturated rings. The molecule has 31 heavy (non-hydrogen) atoms. The number of benzene rings is 3. The van der Waals surface area contributed by atoms with E-state index in [9.17, 15) is 4.79 Å². The molecule has 5 rings (SSSR count). The van der Waals surface area contributed by atoms with E-state index < -0.39 is 0 Å². The van der Waals surface area contributed by atoms with E-state index in [0.29, 0.717) is 12.1 Å². The zero-order valence-electron chi connectivity index (χ0n) is 17.9. The summed E-state index contributed by atoms with van der Waals surface area (Å²) in [6.45, 7) is 4.78. The Bertz CT molecular complexity index is 1040. The molecule has 4 heteroatoms. The largest absolute Gasteiger partial charge is 0.372 e. The van der Waals surface area contributed by atoms with E-state index in [1.165, 1.54) is 35.3 Å². The zero-order chi connectivity index (χ0) is 21.0. The monoisotopic (exact) mass is 411 g/mol. The van der Waals surface area contributed by atoms with Crippen LogP contribution in [0, 0.1) is 0 Å². The molecule has 2 aliphatic rings. The summed E-state index contributed by atoms with van der Waals surface area (Å²) < 4.78 is 0. The van der Waals surface area contributed by atoms with Crippen LogP contribution in [-0.2, 0) is 19.5 Å². The molecule has 2 heterocycles. The van der Waals surface area contributed by atoms with E-state index in [4.69, 9.17) is 0 Å². The van der Waals surface area contributed by atoms with Gasteiger partial charge in [0.15, 0.2) is 0 Å². The minimum absolute atomic E-state index is 0.0262. The van der Waals surface area contributed by atoms with Crippen molar-refractivity contribution in [3.63, 3.8) is 0 Å². The van der Waals surface area contributed by atoms with Gasteiger partial charge in [0.05, 0.1) is 0 Å². The van der Waals surface area contributed by atoms with E-state index in [2.05, 4.69) is 75.8 Å². The van der Waals surface area contributed by atoms with Crippen LogP contribution in [0.2, 0.25) is 0 Å². The zero-order valence-corrected chi connectivity index (χ0v) is 17.9. The van der Waals surface area contributed by atoms with Gasteiger partial charge >= 0.3 is 0 Å². The van der Waals surface area contributed by atoms with Gasteiger partial charge in [-0.2, -0.15) is 0 Å². The van der Waals surface area contributed by atoms with Crippen LogP contribution in [0.1, 0.15) is 39.9 Å². The third-order valence-electron chi connectivity index (χ3n) is 6.43. The highest BCUT2D eigenvalue weighted by Gasteiger charge is 2.18. The van der Waals surface area contributed by atoms with Crippen LogP contribution in [0.3, 0.4) is 0 Å². The van der Waals surface area contributed by atoms with Gasteiger partial charge in [-0.15, -0.1) is 0 Å². The summed E-state index contributed by atoms with van der Waals surface area (Å²) in [6, 6.07) is 25.2. The first-order valence-electron chi connectivity index (χ1n) is 11.3. The Kier molecular flexibility index (Phi) is 5.61. The number of hydrogen-bond donors (Lipinski definition) is 1. The predicted octanol–water partition coefficient (Wildman–Crippen LogP) is 4.78. The fourth-order valence-electron chi connectivity index (χ4n) is 4.64. The molecular weight excluding hydrogens is 382 g/mol. The van der Waals surface area contributed by atoms with E-state index >= 15 is 0 Å². The summed E-state index contributed by atoms with van der Waals surface area (Å²) in [7, 11) is 0. The second-order valence-corrected chi connectivity index (χ2v) is 8.54. The summed E-state index contributed by atoms with van der Waals surface area (Å²) in [5, 5.41) is 3.05. The van der Waals surface area contributed by atoms with Crippen LogP contribution in [0.4, 0.5) is 11.4 Å². The van der Waals surface area contributed by atoms with Crippen molar-refractivity contribution in [1.29, 1.82) is 0 Å². The third-order valence-corrected chi connectivity index (χ3v) is 6.43. The highest BCUT2D eigenvalue weighted by atomic mass is 16.1. The van der Waals surface area contributed by atoms with Crippen molar-refractivity contribution in [2.45, 2.75) is 32.4 Å². The molecule has 0 radical (unpaired) electrons. The lowest BCUT2D eigenvalue weighted by atomic mass is 10.1. The summed E-state index contributed by atoms with van der Waals surface area (Å²) in [5.74, 6) is -0.0262. The van der Waals surface area contributed by atoms with Crippen molar-refractivity contribution in [3.8, 4) is 0 Å². The SMILES string of the molecule is O=C(NCc1ccc(N2CCCC2)cc1)c1ccc(CN2CCc3ccccc32)cc1. The number of fused-ring (bicyclic) bond motifs is 1. The summed E-state index contributed by atoms with van der Waals surface area (Å²) in [5.41, 5.74) is 7.10. The third kappa shape index (κ3) is 4.43.